The molecule has 1 amide bonds. The zero-order valence-electron chi connectivity index (χ0n) is 16.5. The Morgan fingerprint density at radius 1 is 0.733 bits per heavy atom. The minimum atomic E-state index is -0.428. The summed E-state index contributed by atoms with van der Waals surface area (Å²) in [5, 5.41) is 8.13. The van der Waals surface area contributed by atoms with Gasteiger partial charge < -0.3 is 0 Å². The van der Waals surface area contributed by atoms with Gasteiger partial charge in [-0.2, -0.15) is 10.2 Å². The van der Waals surface area contributed by atoms with Gasteiger partial charge >= 0.3 is 0 Å². The molecule has 0 saturated heterocycles. The summed E-state index contributed by atoms with van der Waals surface area (Å²) in [4.78, 5) is 12.3. The largest absolute Gasteiger partial charge is 0.278 e. The fraction of sp³-hybridized carbons (Fsp3) is 0.0870. The number of amides is 1. The highest BCUT2D eigenvalue weighted by molar-refractivity contribution is 6.01. The van der Waals surface area contributed by atoms with Crippen molar-refractivity contribution in [2.75, 3.05) is 5.43 Å². The lowest BCUT2D eigenvalue weighted by Crippen LogP contribution is -2.19. The van der Waals surface area contributed by atoms with Crippen molar-refractivity contribution in [2.45, 2.75) is 13.8 Å². The van der Waals surface area contributed by atoms with E-state index in [4.69, 9.17) is 0 Å². The topological polar surface area (TPSA) is 65.8 Å². The molecule has 0 aromatic heterocycles. The van der Waals surface area contributed by atoms with Gasteiger partial charge in [0.05, 0.1) is 17.1 Å². The first kappa shape index (κ1) is 20.9. The fourth-order valence-electron chi connectivity index (χ4n) is 2.67. The summed E-state index contributed by atoms with van der Waals surface area (Å²) in [6, 6.07) is 19.1. The van der Waals surface area contributed by atoms with Gasteiger partial charge in [-0.25, -0.2) is 14.2 Å². The maximum atomic E-state index is 13.8. The Morgan fingerprint density at radius 3 is 1.77 bits per heavy atom. The summed E-state index contributed by atoms with van der Waals surface area (Å²) in [7, 11) is 0. The molecule has 0 saturated carbocycles. The summed E-state index contributed by atoms with van der Waals surface area (Å²) >= 11 is 0. The number of anilines is 1. The van der Waals surface area contributed by atoms with Crippen molar-refractivity contribution < 1.29 is 13.6 Å². The number of carbonyl (C=O) groups is 1. The normalized spacial score (nSPS) is 11.9. The molecule has 0 aliphatic carbocycles. The third-order valence-electron chi connectivity index (χ3n) is 4.35. The third-order valence-corrected chi connectivity index (χ3v) is 4.35. The average molecular weight is 406 g/mol. The Morgan fingerprint density at radius 2 is 1.23 bits per heavy atom. The standard InChI is InChI=1S/C23H20F2N4O/c1-15(19-7-3-5-9-21(19)24)26-28-18-13-11-17(12-14-18)23(30)29-27-16(2)20-8-4-6-10-22(20)25/h3-14,28H,1-2H3,(H,29,30)/b26-15+,27-16+. The molecular weight excluding hydrogens is 386 g/mol. The van der Waals surface area contributed by atoms with E-state index in [1.807, 2.05) is 0 Å². The fourth-order valence-corrected chi connectivity index (χ4v) is 2.67. The highest BCUT2D eigenvalue weighted by Crippen LogP contribution is 2.12. The molecule has 2 N–H and O–H groups in total. The Kier molecular flexibility index (Phi) is 6.64. The van der Waals surface area contributed by atoms with Crippen LogP contribution in [0.1, 0.15) is 35.3 Å². The lowest BCUT2D eigenvalue weighted by Gasteiger charge is -2.06. The monoisotopic (exact) mass is 406 g/mol. The van der Waals surface area contributed by atoms with E-state index in [1.54, 1.807) is 74.5 Å². The van der Waals surface area contributed by atoms with Gasteiger partial charge in [-0.05, 0) is 50.2 Å². The van der Waals surface area contributed by atoms with E-state index in [1.165, 1.54) is 12.1 Å². The molecule has 0 atom stereocenters. The van der Waals surface area contributed by atoms with Gasteiger partial charge in [0.2, 0.25) is 0 Å². The zero-order valence-corrected chi connectivity index (χ0v) is 16.5. The molecule has 0 aliphatic rings. The van der Waals surface area contributed by atoms with Crippen LogP contribution in [0.3, 0.4) is 0 Å². The summed E-state index contributed by atoms with van der Waals surface area (Å²) in [6.07, 6.45) is 0. The molecule has 3 rings (SSSR count). The molecule has 0 unspecified atom stereocenters. The van der Waals surface area contributed by atoms with Gasteiger partial charge in [0.25, 0.3) is 5.91 Å². The molecule has 0 radical (unpaired) electrons. The highest BCUT2D eigenvalue weighted by atomic mass is 19.1. The lowest BCUT2D eigenvalue weighted by atomic mass is 10.1. The van der Waals surface area contributed by atoms with Crippen molar-refractivity contribution in [2.24, 2.45) is 10.2 Å². The summed E-state index contributed by atoms with van der Waals surface area (Å²) in [5.74, 6) is -1.18. The van der Waals surface area contributed by atoms with Gasteiger partial charge in [-0.1, -0.05) is 36.4 Å². The number of hydrogen-bond acceptors (Lipinski definition) is 4. The third kappa shape index (κ3) is 5.14. The van der Waals surface area contributed by atoms with Crippen LogP contribution in [0.25, 0.3) is 0 Å². The predicted octanol–water partition coefficient (Wildman–Crippen LogP) is 4.95. The molecule has 3 aromatic carbocycles. The molecule has 3 aromatic rings. The molecule has 0 heterocycles. The molecule has 0 spiro atoms. The first-order valence-corrected chi connectivity index (χ1v) is 9.20. The molecule has 152 valence electrons. The second-order valence-corrected chi connectivity index (χ2v) is 6.48. The second-order valence-electron chi connectivity index (χ2n) is 6.48. The zero-order chi connectivity index (χ0) is 21.5. The van der Waals surface area contributed by atoms with Gasteiger partial charge in [-0.3, -0.25) is 10.2 Å². The quantitative estimate of drug-likeness (QED) is 0.449. The number of rotatable bonds is 6. The average Bonchev–Trinajstić information content (AvgIpc) is 2.76. The van der Waals surface area contributed by atoms with E-state index >= 15 is 0 Å². The Bertz CT molecular complexity index is 1110. The van der Waals surface area contributed by atoms with Crippen LogP contribution in [0.4, 0.5) is 14.5 Å². The number of hydrazone groups is 2. The SMILES string of the molecule is C/C(=N\NC(=O)c1ccc(N/N=C(\C)c2ccccc2F)cc1)c1ccccc1F. The predicted molar refractivity (Wildman–Crippen MR) is 115 cm³/mol. The number of hydrogen-bond donors (Lipinski definition) is 2. The Labute approximate surface area is 173 Å². The van der Waals surface area contributed by atoms with Gasteiger partial charge in [0.1, 0.15) is 11.6 Å². The van der Waals surface area contributed by atoms with Crippen LogP contribution in [0.15, 0.2) is 83.0 Å². The molecule has 5 nitrogen and oxygen atoms in total. The number of benzene rings is 3. The molecular formula is C23H20F2N4O. The number of carbonyl (C=O) groups excluding carboxylic acids is 1. The maximum absolute atomic E-state index is 13.8. The smallest absolute Gasteiger partial charge is 0.271 e. The summed E-state index contributed by atoms with van der Waals surface area (Å²) < 4.78 is 27.5. The number of nitrogens with zero attached hydrogens (tertiary/aromatic N) is 2. The van der Waals surface area contributed by atoms with Crippen molar-refractivity contribution in [1.29, 1.82) is 0 Å². The van der Waals surface area contributed by atoms with Crippen LogP contribution in [0, 0.1) is 11.6 Å². The van der Waals surface area contributed by atoms with Crippen LogP contribution in [0.5, 0.6) is 0 Å². The second kappa shape index (κ2) is 9.56. The van der Waals surface area contributed by atoms with Crippen LogP contribution >= 0.6 is 0 Å². The van der Waals surface area contributed by atoms with Crippen molar-refractivity contribution in [1.82, 2.24) is 5.43 Å². The highest BCUT2D eigenvalue weighted by Gasteiger charge is 2.08. The summed E-state index contributed by atoms with van der Waals surface area (Å²) in [5.41, 5.74) is 7.84. The first-order chi connectivity index (χ1) is 14.5. The van der Waals surface area contributed by atoms with E-state index in [2.05, 4.69) is 21.1 Å². The van der Waals surface area contributed by atoms with E-state index in [9.17, 15) is 13.6 Å². The van der Waals surface area contributed by atoms with Crippen LogP contribution in [-0.2, 0) is 0 Å². The van der Waals surface area contributed by atoms with Gasteiger partial charge in [-0.15, -0.1) is 0 Å². The summed E-state index contributed by atoms with van der Waals surface area (Å²) in [6.45, 7) is 3.31. The van der Waals surface area contributed by atoms with Crippen molar-refractivity contribution in [3.8, 4) is 0 Å². The minimum absolute atomic E-state index is 0.320. The molecule has 7 heteroatoms. The van der Waals surface area contributed by atoms with Crippen LogP contribution in [0.2, 0.25) is 0 Å². The minimum Gasteiger partial charge on any atom is -0.278 e. The number of nitrogens with one attached hydrogen (secondary N) is 2. The Balaban J connectivity index is 1.63. The first-order valence-electron chi connectivity index (χ1n) is 9.20. The van der Waals surface area contributed by atoms with E-state index in [-0.39, 0.29) is 5.82 Å². The maximum Gasteiger partial charge on any atom is 0.271 e. The van der Waals surface area contributed by atoms with Crippen molar-refractivity contribution in [3.63, 3.8) is 0 Å². The van der Waals surface area contributed by atoms with Crippen molar-refractivity contribution >= 4 is 23.0 Å². The van der Waals surface area contributed by atoms with Gasteiger partial charge in [0.15, 0.2) is 0 Å². The molecule has 30 heavy (non-hydrogen) atoms. The van der Waals surface area contributed by atoms with E-state index < -0.39 is 11.7 Å². The van der Waals surface area contributed by atoms with Crippen LogP contribution < -0.4 is 10.9 Å². The van der Waals surface area contributed by atoms with Gasteiger partial charge in [0, 0.05) is 16.7 Å². The van der Waals surface area contributed by atoms with Crippen molar-refractivity contribution in [3.05, 3.63) is 101 Å². The molecule has 0 fully saturated rings. The lowest BCUT2D eigenvalue weighted by molar-refractivity contribution is 0.0955. The number of halogens is 2. The molecule has 0 bridgehead atoms. The van der Waals surface area contributed by atoms with Crippen LogP contribution in [-0.4, -0.2) is 17.3 Å². The van der Waals surface area contributed by atoms with E-state index in [0.29, 0.717) is 33.8 Å². The Hall–Kier alpha value is -3.87. The van der Waals surface area contributed by atoms with E-state index in [0.717, 1.165) is 0 Å². The molecule has 0 aliphatic heterocycles.